The number of aromatic nitrogens is 1. The van der Waals surface area contributed by atoms with Gasteiger partial charge in [0.15, 0.2) is 0 Å². The predicted octanol–water partition coefficient (Wildman–Crippen LogP) is 4.23. The van der Waals surface area contributed by atoms with Crippen molar-refractivity contribution in [3.05, 3.63) is 48.2 Å². The highest BCUT2D eigenvalue weighted by molar-refractivity contribution is 7.89. The second-order valence-corrected chi connectivity index (χ2v) is 11.7. The number of amides is 1. The van der Waals surface area contributed by atoms with E-state index in [9.17, 15) is 17.6 Å². The molecule has 0 atom stereocenters. The first kappa shape index (κ1) is 23.2. The summed E-state index contributed by atoms with van der Waals surface area (Å²) in [5.41, 5.74) is 1.37. The number of piperidine rings is 2. The van der Waals surface area contributed by atoms with Gasteiger partial charge >= 0.3 is 0 Å². The molecule has 182 valence electrons. The lowest BCUT2D eigenvalue weighted by Gasteiger charge is -2.48. The minimum Gasteiger partial charge on any atom is -0.356 e. The SMILES string of the molecule is O=C(Nc1cccc(S(=O)(=O)N2CCC(F)CC2)c1)c1cccnc1N1CCC2(CCC2)CC1. The fourth-order valence-corrected chi connectivity index (χ4v) is 6.86. The molecular weight excluding hydrogens is 455 g/mol. The number of alkyl halides is 1. The van der Waals surface area contributed by atoms with Crippen LogP contribution in [0.5, 0.6) is 0 Å². The normalized spacial score (nSPS) is 21.3. The summed E-state index contributed by atoms with van der Waals surface area (Å²) in [4.78, 5) is 20.0. The number of anilines is 2. The zero-order valence-electron chi connectivity index (χ0n) is 19.2. The molecule has 5 rings (SSSR count). The van der Waals surface area contributed by atoms with Crippen molar-refractivity contribution in [2.24, 2.45) is 5.41 Å². The molecule has 1 N–H and O–H groups in total. The van der Waals surface area contributed by atoms with E-state index in [1.165, 1.54) is 35.7 Å². The molecule has 9 heteroatoms. The van der Waals surface area contributed by atoms with Gasteiger partial charge in [0.2, 0.25) is 10.0 Å². The Kier molecular flexibility index (Phi) is 6.33. The molecule has 1 aromatic heterocycles. The van der Waals surface area contributed by atoms with Crippen molar-refractivity contribution in [2.45, 2.75) is 56.0 Å². The minimum absolute atomic E-state index is 0.0934. The van der Waals surface area contributed by atoms with E-state index in [1.54, 1.807) is 30.5 Å². The molecule has 1 aromatic carbocycles. The summed E-state index contributed by atoms with van der Waals surface area (Å²) in [5, 5.41) is 2.85. The van der Waals surface area contributed by atoms with Crippen LogP contribution in [-0.4, -0.2) is 56.0 Å². The molecule has 2 saturated heterocycles. The fourth-order valence-electron chi connectivity index (χ4n) is 5.34. The van der Waals surface area contributed by atoms with Crippen molar-refractivity contribution in [3.63, 3.8) is 0 Å². The van der Waals surface area contributed by atoms with E-state index in [1.807, 2.05) is 0 Å². The van der Waals surface area contributed by atoms with Crippen molar-refractivity contribution in [1.82, 2.24) is 9.29 Å². The van der Waals surface area contributed by atoms with Crippen LogP contribution in [0.25, 0.3) is 0 Å². The molecule has 1 spiro atoms. The highest BCUT2D eigenvalue weighted by Crippen LogP contribution is 2.49. The smallest absolute Gasteiger partial charge is 0.259 e. The third-order valence-electron chi connectivity index (χ3n) is 7.68. The van der Waals surface area contributed by atoms with Crippen molar-refractivity contribution >= 4 is 27.4 Å². The first-order chi connectivity index (χ1) is 16.4. The molecule has 2 aliphatic heterocycles. The Morgan fingerprint density at radius 3 is 2.44 bits per heavy atom. The largest absolute Gasteiger partial charge is 0.356 e. The number of benzene rings is 1. The Morgan fingerprint density at radius 2 is 1.76 bits per heavy atom. The standard InChI is InChI=1S/C25H31FN4O3S/c26-19-7-14-30(15-8-19)34(32,33)21-5-1-4-20(18-21)28-24(31)22-6-2-13-27-23(22)29-16-11-25(12-17-29)9-3-10-25/h1-2,4-6,13,18-19H,3,7-12,14-17H2,(H,28,31). The molecule has 1 saturated carbocycles. The van der Waals surface area contributed by atoms with Gasteiger partial charge in [-0.3, -0.25) is 4.79 Å². The maximum absolute atomic E-state index is 13.5. The molecule has 1 aliphatic carbocycles. The average molecular weight is 487 g/mol. The van der Waals surface area contributed by atoms with Crippen LogP contribution in [0, 0.1) is 5.41 Å². The summed E-state index contributed by atoms with van der Waals surface area (Å²) in [6.45, 7) is 2.10. The van der Waals surface area contributed by atoms with Crippen molar-refractivity contribution < 1.29 is 17.6 Å². The molecule has 2 aromatic rings. The molecule has 0 radical (unpaired) electrons. The topological polar surface area (TPSA) is 82.6 Å². The number of carbonyl (C=O) groups is 1. The zero-order chi connectivity index (χ0) is 23.8. The fraction of sp³-hybridized carbons (Fsp3) is 0.520. The number of hydrogen-bond acceptors (Lipinski definition) is 5. The lowest BCUT2D eigenvalue weighted by molar-refractivity contribution is 0.0950. The van der Waals surface area contributed by atoms with Gasteiger partial charge in [0.05, 0.1) is 10.5 Å². The molecule has 34 heavy (non-hydrogen) atoms. The number of rotatable bonds is 5. The van der Waals surface area contributed by atoms with E-state index in [0.717, 1.165) is 25.9 Å². The van der Waals surface area contributed by atoms with Crippen LogP contribution < -0.4 is 10.2 Å². The molecule has 1 amide bonds. The van der Waals surface area contributed by atoms with Crippen LogP contribution >= 0.6 is 0 Å². The minimum atomic E-state index is -3.75. The summed E-state index contributed by atoms with van der Waals surface area (Å²) in [6, 6.07) is 9.75. The summed E-state index contributed by atoms with van der Waals surface area (Å²) < 4.78 is 40.8. The molecule has 7 nitrogen and oxygen atoms in total. The average Bonchev–Trinajstić information content (AvgIpc) is 2.83. The zero-order valence-corrected chi connectivity index (χ0v) is 20.1. The summed E-state index contributed by atoms with van der Waals surface area (Å²) in [7, 11) is -3.75. The van der Waals surface area contributed by atoms with Gasteiger partial charge < -0.3 is 10.2 Å². The highest BCUT2D eigenvalue weighted by atomic mass is 32.2. The van der Waals surface area contributed by atoms with E-state index in [0.29, 0.717) is 22.5 Å². The number of carbonyl (C=O) groups excluding carboxylic acids is 1. The van der Waals surface area contributed by atoms with Crippen LogP contribution in [0.4, 0.5) is 15.9 Å². The number of pyridine rings is 1. The number of nitrogens with one attached hydrogen (secondary N) is 1. The van der Waals surface area contributed by atoms with E-state index in [-0.39, 0.29) is 36.7 Å². The van der Waals surface area contributed by atoms with Gasteiger partial charge in [-0.2, -0.15) is 4.31 Å². The lowest BCUT2D eigenvalue weighted by Crippen LogP contribution is -2.44. The van der Waals surface area contributed by atoms with Gasteiger partial charge in [0.1, 0.15) is 12.0 Å². The third-order valence-corrected chi connectivity index (χ3v) is 9.58. The van der Waals surface area contributed by atoms with E-state index >= 15 is 0 Å². The summed E-state index contributed by atoms with van der Waals surface area (Å²) in [5.74, 6) is 0.354. The Hall–Kier alpha value is -2.52. The Morgan fingerprint density at radius 1 is 1.03 bits per heavy atom. The van der Waals surface area contributed by atoms with E-state index in [2.05, 4.69) is 15.2 Å². The molecule has 3 heterocycles. The predicted molar refractivity (Wildman–Crippen MR) is 129 cm³/mol. The Labute approximate surface area is 200 Å². The van der Waals surface area contributed by atoms with Gasteiger partial charge in [0.25, 0.3) is 5.91 Å². The molecule has 3 aliphatic rings. The van der Waals surface area contributed by atoms with Gasteiger partial charge in [-0.25, -0.2) is 17.8 Å². The Balaban J connectivity index is 1.31. The van der Waals surface area contributed by atoms with Crippen molar-refractivity contribution in [3.8, 4) is 0 Å². The monoisotopic (exact) mass is 486 g/mol. The lowest BCUT2D eigenvalue weighted by atomic mass is 9.63. The van der Waals surface area contributed by atoms with Gasteiger partial charge in [-0.15, -0.1) is 0 Å². The maximum Gasteiger partial charge on any atom is 0.259 e. The van der Waals surface area contributed by atoms with Gasteiger partial charge in [0, 0.05) is 38.1 Å². The molecular formula is C25H31FN4O3S. The first-order valence-electron chi connectivity index (χ1n) is 12.1. The van der Waals surface area contributed by atoms with Crippen LogP contribution in [0.15, 0.2) is 47.5 Å². The third kappa shape index (κ3) is 4.55. The first-order valence-corrected chi connectivity index (χ1v) is 13.6. The summed E-state index contributed by atoms with van der Waals surface area (Å²) >= 11 is 0. The Bertz CT molecular complexity index is 1150. The second-order valence-electron chi connectivity index (χ2n) is 9.78. The van der Waals surface area contributed by atoms with Crippen LogP contribution in [0.3, 0.4) is 0 Å². The quantitative estimate of drug-likeness (QED) is 0.684. The maximum atomic E-state index is 13.5. The number of sulfonamides is 1. The second kappa shape index (κ2) is 9.26. The summed E-state index contributed by atoms with van der Waals surface area (Å²) in [6.07, 6.45) is 7.35. The molecule has 3 fully saturated rings. The van der Waals surface area contributed by atoms with E-state index in [4.69, 9.17) is 0 Å². The van der Waals surface area contributed by atoms with E-state index < -0.39 is 16.2 Å². The van der Waals surface area contributed by atoms with Crippen LogP contribution in [0.2, 0.25) is 0 Å². The van der Waals surface area contributed by atoms with Gasteiger partial charge in [-0.05, 0) is 74.3 Å². The highest BCUT2D eigenvalue weighted by Gasteiger charge is 2.40. The number of hydrogen-bond donors (Lipinski definition) is 1. The van der Waals surface area contributed by atoms with Crippen LogP contribution in [-0.2, 0) is 10.0 Å². The molecule has 0 bridgehead atoms. The van der Waals surface area contributed by atoms with Crippen molar-refractivity contribution in [1.29, 1.82) is 0 Å². The number of nitrogens with zero attached hydrogens (tertiary/aromatic N) is 3. The van der Waals surface area contributed by atoms with Crippen molar-refractivity contribution in [2.75, 3.05) is 36.4 Å². The molecule has 0 unspecified atom stereocenters. The van der Waals surface area contributed by atoms with Gasteiger partial charge in [-0.1, -0.05) is 12.5 Å². The van der Waals surface area contributed by atoms with Crippen LogP contribution in [0.1, 0.15) is 55.3 Å². The number of halogens is 1.